The molecule has 0 aliphatic carbocycles. The van der Waals surface area contributed by atoms with Crippen LogP contribution in [0.4, 0.5) is 17.7 Å². The van der Waals surface area contributed by atoms with E-state index < -0.39 is 180 Å². The molecular weight excluding hydrogens is 1420 g/mol. The summed E-state index contributed by atoms with van der Waals surface area (Å²) < 4.78 is 127. The van der Waals surface area contributed by atoms with Crippen LogP contribution in [0.1, 0.15) is 24.9 Å². The number of hydrogen-bond donors (Lipinski definition) is 10. The molecule has 0 spiro atoms. The van der Waals surface area contributed by atoms with Crippen molar-refractivity contribution in [3.05, 3.63) is 64.9 Å². The number of aliphatic hydroxyl groups excluding tert-OH is 5. The first-order valence-corrected chi connectivity index (χ1v) is 35.6. The lowest BCUT2D eigenvalue weighted by atomic mass is 10.1. The molecule has 96 heavy (non-hydrogen) atoms. The molecule has 522 valence electrons. The fraction of sp³-hybridized carbons (Fsp3) is 0.524. The van der Waals surface area contributed by atoms with Crippen LogP contribution < -0.4 is 57.4 Å². The number of methoxy groups -OCH3 is 1. The van der Waals surface area contributed by atoms with Crippen LogP contribution >= 0.6 is 38.0 Å². The van der Waals surface area contributed by atoms with Gasteiger partial charge >= 0.3 is 5.65 Å². The maximum Gasteiger partial charge on any atom is 0.307 e. The fourth-order valence-electron chi connectivity index (χ4n) is 10.7. The van der Waals surface area contributed by atoms with Crippen molar-refractivity contribution in [2.75, 3.05) is 50.7 Å². The fourth-order valence-corrected chi connectivity index (χ4v) is 16.5. The van der Waals surface area contributed by atoms with Gasteiger partial charge in [0.05, 0.1) is 58.7 Å². The molecule has 8 aromatic heterocycles. The van der Waals surface area contributed by atoms with Gasteiger partial charge in [-0.15, -0.1) is 0 Å². The Morgan fingerprint density at radius 1 is 0.583 bits per heavy atom. The van der Waals surface area contributed by atoms with Crippen LogP contribution in [0.3, 0.4) is 0 Å². The first-order chi connectivity index (χ1) is 45.2. The Kier molecular flexibility index (Phi) is 19.3. The van der Waals surface area contributed by atoms with Gasteiger partial charge in [0.2, 0.25) is 18.1 Å². The molecule has 4 fully saturated rings. The number of phosphoric ester groups is 3. The van der Waals surface area contributed by atoms with Crippen molar-refractivity contribution in [2.24, 2.45) is 7.05 Å². The highest BCUT2D eigenvalue weighted by Crippen LogP contribution is 2.63. The number of imidazole rings is 4. The number of nitrogens with one attached hydrogen (secondary N) is 2. The molecule has 54 heteroatoms. The lowest BCUT2D eigenvalue weighted by molar-refractivity contribution is -0.745. The minimum atomic E-state index is -6.63. The van der Waals surface area contributed by atoms with E-state index in [9.17, 15) is 77.8 Å². The van der Waals surface area contributed by atoms with Gasteiger partial charge in [-0.1, -0.05) is 16.8 Å². The molecule has 0 bridgehead atoms. The lowest BCUT2D eigenvalue weighted by Gasteiger charge is -2.36. The van der Waals surface area contributed by atoms with Crippen LogP contribution in [-0.4, -0.2) is 205 Å². The number of H-pyrrole nitrogens is 2. The van der Waals surface area contributed by atoms with Gasteiger partial charge in [0.25, 0.3) is 42.4 Å². The number of nitrogen functional groups attached to an aromatic ring is 3. The van der Waals surface area contributed by atoms with Gasteiger partial charge in [-0.2, -0.15) is 9.97 Å². The maximum atomic E-state index is 14.5. The van der Waals surface area contributed by atoms with Crippen molar-refractivity contribution in [1.82, 2.24) is 73.1 Å². The third-order valence-corrected chi connectivity index (χ3v) is 21.6. The third kappa shape index (κ3) is 14.0. The molecule has 0 aromatic carbocycles. The van der Waals surface area contributed by atoms with E-state index in [0.717, 1.165) is 46.1 Å². The van der Waals surface area contributed by atoms with E-state index in [2.05, 4.69) is 68.0 Å². The van der Waals surface area contributed by atoms with Crippen molar-refractivity contribution in [3.8, 4) is 0 Å². The Morgan fingerprint density at radius 3 is 1.71 bits per heavy atom. The summed E-state index contributed by atoms with van der Waals surface area (Å²) in [5.74, 6) is -0.950. The zero-order valence-corrected chi connectivity index (χ0v) is 53.6. The predicted molar refractivity (Wildman–Crippen MR) is 300 cm³/mol. The van der Waals surface area contributed by atoms with Gasteiger partial charge in [0, 0.05) is 7.11 Å². The summed E-state index contributed by atoms with van der Waals surface area (Å²) in [6.45, 7) is -10.2. The number of hydrogen-bond acceptors (Lipinski definition) is 42. The molecule has 12 heterocycles. The van der Waals surface area contributed by atoms with Crippen molar-refractivity contribution >= 4 is 112 Å². The van der Waals surface area contributed by atoms with Crippen LogP contribution in [0.25, 0.3) is 44.7 Å². The number of aromatic amines is 2. The second kappa shape index (κ2) is 26.5. The first kappa shape index (κ1) is 69.7. The second-order valence-electron chi connectivity index (χ2n) is 21.1. The first-order valence-electron chi connectivity index (χ1n) is 27.2. The van der Waals surface area contributed by atoms with E-state index in [1.807, 2.05) is 0 Å². The van der Waals surface area contributed by atoms with E-state index in [1.54, 1.807) is 11.6 Å². The molecule has 0 saturated carbocycles. The van der Waals surface area contributed by atoms with Crippen LogP contribution in [0.2, 0.25) is 0 Å². The summed E-state index contributed by atoms with van der Waals surface area (Å²) in [6, 6.07) is 0. The number of aliphatic hydroxyl groups is 5. The molecular formula is C42H50N19O29P5S-4. The summed E-state index contributed by atoms with van der Waals surface area (Å²) in [4.78, 5) is 133. The van der Waals surface area contributed by atoms with Gasteiger partial charge in [0.1, 0.15) is 91.8 Å². The van der Waals surface area contributed by atoms with Crippen molar-refractivity contribution in [1.29, 1.82) is 0 Å². The minimum Gasteiger partial charge on any atom is -0.780 e. The molecule has 48 nitrogen and oxygen atoms in total. The Labute approximate surface area is 536 Å². The summed E-state index contributed by atoms with van der Waals surface area (Å²) in [5, 5.41) is 55.3. The zero-order valence-electron chi connectivity index (χ0n) is 48.3. The average Bonchev–Trinajstić information content (AvgIpc) is 1.63. The molecule has 0 radical (unpaired) electrons. The van der Waals surface area contributed by atoms with Crippen LogP contribution in [0.5, 0.6) is 0 Å². The quantitative estimate of drug-likeness (QED) is 0.0188. The van der Waals surface area contributed by atoms with Crippen molar-refractivity contribution < 1.29 is 132 Å². The molecule has 21 unspecified atom stereocenters. The van der Waals surface area contributed by atoms with E-state index in [1.165, 1.54) is 23.4 Å². The molecule has 21 atom stereocenters. The number of fused-ring (bicyclic) bond motifs is 4. The number of aryl methyl sites for hydroxylation is 1. The van der Waals surface area contributed by atoms with E-state index in [-0.39, 0.29) is 50.9 Å². The average molecular weight is 1470 g/mol. The monoisotopic (exact) mass is 1470 g/mol. The maximum absolute atomic E-state index is 14.5. The smallest absolute Gasteiger partial charge is 0.307 e. The number of ether oxygens (including phenoxy) is 5. The molecule has 8 aromatic rings. The predicted octanol–water partition coefficient (Wildman–Crippen LogP) is -8.15. The summed E-state index contributed by atoms with van der Waals surface area (Å²) in [5.41, 5.74) is 15.3. The third-order valence-electron chi connectivity index (χ3n) is 15.0. The number of rotatable bonds is 25. The standard InChI is InChI=1S/C42H54N19O29P5S/c1-57-13-61(31-14(57)3-46-8-48-31)38-25(65)23(63)16(84-38)5-80-92(71,72)89-94(75,76)90-93(73,74)81-6-18-28(29(78-2)40(86-18)58-10-50-19-30(43)47-9-49-32(19)58)88-95(77,96)82-7-17-27(26(66)39(85-17)60-12-52-21-34(60)54-42(45)56-36(21)68)87-91(69,70)79-4-15-22(62)24(64)37(83-15)59-11-51-20-33(59)53-41(44)55-35(20)67/h3,8-13,15-18,22-29,37-40,62-66H,4-7H2,1-2H3,(H12-,43,44,45,47,49,53,54,55,56,67,68,69,70,71,72,73,74,75,76,77,96)/p-4. The summed E-state index contributed by atoms with van der Waals surface area (Å²) in [7, 11) is -22.4. The van der Waals surface area contributed by atoms with Gasteiger partial charge < -0.3 is 118 Å². The second-order valence-corrected chi connectivity index (χ2v) is 29.7. The van der Waals surface area contributed by atoms with Gasteiger partial charge in [-0.05, 0) is 0 Å². The number of aromatic nitrogens is 16. The number of nitrogens with zero attached hydrogens (tertiary/aromatic N) is 14. The van der Waals surface area contributed by atoms with Crippen LogP contribution in [-0.2, 0) is 96.6 Å². The Hall–Kier alpha value is -6.15. The van der Waals surface area contributed by atoms with Gasteiger partial charge in [-0.3, -0.25) is 56.1 Å². The molecule has 4 saturated heterocycles. The molecule has 12 rings (SSSR count). The van der Waals surface area contributed by atoms with Crippen molar-refractivity contribution in [3.63, 3.8) is 0 Å². The molecule has 4 aliphatic heterocycles. The van der Waals surface area contributed by atoms with Gasteiger partial charge in [0.15, 0.2) is 70.6 Å². The van der Waals surface area contributed by atoms with Crippen LogP contribution in [0, 0.1) is 0 Å². The Balaban J connectivity index is 0.741. The molecule has 13 N–H and O–H groups in total. The highest BCUT2D eigenvalue weighted by Gasteiger charge is 2.53. The van der Waals surface area contributed by atoms with Gasteiger partial charge in [-0.25, -0.2) is 43.1 Å². The Morgan fingerprint density at radius 2 is 1.09 bits per heavy atom. The zero-order chi connectivity index (χ0) is 68.9. The summed E-state index contributed by atoms with van der Waals surface area (Å²) in [6.07, 6.45) is -21.0. The van der Waals surface area contributed by atoms with E-state index >= 15 is 0 Å². The normalized spacial score (nSPS) is 31.1. The lowest BCUT2D eigenvalue weighted by Crippen LogP contribution is -2.45. The minimum absolute atomic E-state index is 0.0189. The highest BCUT2D eigenvalue weighted by molar-refractivity contribution is 8.06. The molecule has 4 aliphatic rings. The van der Waals surface area contributed by atoms with Crippen molar-refractivity contribution in [2.45, 2.75) is 98.2 Å². The van der Waals surface area contributed by atoms with E-state index in [4.69, 9.17) is 75.3 Å². The topological polar surface area (TPSA) is 688 Å². The molecule has 0 amide bonds. The SMILES string of the molecule is COC1C(OP([O-])(=S)OCC2OC(n3cnc4c(=O)[nH]c(N)nc43)C(O)C2OP(=O)([O-])OCC2OC(n3cnc4c(=O)[nH]c(N)nc43)C(O)C2O)C(COP(=O)([O-])OP(=O)([O-])OP(=O)([O-])OCC2OC([n+]3cn(C)c4cncnc43)C(O)C2O)OC1n1cnc2c(N)ncnc21. The highest BCUT2D eigenvalue weighted by atomic mass is 32.5. The van der Waals surface area contributed by atoms with E-state index in [0.29, 0.717) is 5.52 Å². The number of nitrogens with two attached hydrogens (primary N) is 3. The largest absolute Gasteiger partial charge is 0.780 e. The van der Waals surface area contributed by atoms with Crippen LogP contribution in [0.15, 0.2) is 53.7 Å². The Bertz CT molecular complexity index is 4640. The summed E-state index contributed by atoms with van der Waals surface area (Å²) >= 11 is 5.27. The number of phosphoric acid groups is 4. The number of anilines is 3.